The fourth-order valence-electron chi connectivity index (χ4n) is 4.60. The van der Waals surface area contributed by atoms with E-state index >= 15 is 0 Å². The molecule has 2 heterocycles. The van der Waals surface area contributed by atoms with Crippen molar-refractivity contribution in [3.05, 3.63) is 66.0 Å². The second kappa shape index (κ2) is 13.2. The molecule has 0 saturated carbocycles. The first-order valence-corrected chi connectivity index (χ1v) is 13.2. The first-order chi connectivity index (χ1) is 18.4. The van der Waals surface area contributed by atoms with Crippen molar-refractivity contribution in [2.24, 2.45) is 5.92 Å². The Morgan fingerprint density at radius 3 is 2.47 bits per heavy atom. The van der Waals surface area contributed by atoms with Crippen molar-refractivity contribution in [2.75, 3.05) is 26.2 Å². The van der Waals surface area contributed by atoms with Crippen LogP contribution < -0.4 is 5.32 Å². The average molecular weight is 522 g/mol. The number of nitrogens with zero attached hydrogens (tertiary/aromatic N) is 6. The van der Waals surface area contributed by atoms with Crippen LogP contribution in [0.3, 0.4) is 0 Å². The molecule has 0 atom stereocenters. The highest BCUT2D eigenvalue weighted by Crippen LogP contribution is 2.20. The quantitative estimate of drug-likeness (QED) is 0.417. The van der Waals surface area contributed by atoms with E-state index < -0.39 is 0 Å². The van der Waals surface area contributed by atoms with Crippen molar-refractivity contribution in [1.82, 2.24) is 35.3 Å². The van der Waals surface area contributed by atoms with Crippen molar-refractivity contribution < 1.29 is 14.0 Å². The molecule has 0 spiro atoms. The summed E-state index contributed by atoms with van der Waals surface area (Å²) in [6.07, 6.45) is 2.44. The van der Waals surface area contributed by atoms with Crippen molar-refractivity contribution in [3.63, 3.8) is 0 Å². The number of nitrogens with one attached hydrogen (secondary N) is 1. The summed E-state index contributed by atoms with van der Waals surface area (Å²) < 4.78 is 13.3. The summed E-state index contributed by atoms with van der Waals surface area (Å²) in [7, 11) is 0. The third-order valence-corrected chi connectivity index (χ3v) is 6.76. The van der Waals surface area contributed by atoms with Gasteiger partial charge in [-0.2, -0.15) is 4.80 Å². The van der Waals surface area contributed by atoms with Crippen LogP contribution in [0.25, 0.3) is 11.4 Å². The minimum atomic E-state index is -0.353. The summed E-state index contributed by atoms with van der Waals surface area (Å²) in [6, 6.07) is 16.1. The molecule has 0 aliphatic carbocycles. The second-order valence-corrected chi connectivity index (χ2v) is 10.2. The number of rotatable bonds is 11. The monoisotopic (exact) mass is 521 g/mol. The Bertz CT molecular complexity index is 1180. The molecule has 10 heteroatoms. The lowest BCUT2D eigenvalue weighted by Crippen LogP contribution is -2.51. The standard InChI is InChI=1S/C28H36FN7O2/c1-21(2)12-15-30-26(37)19-35(25-13-16-34(17-14-25)18-22-6-4-3-5-7-22)27(38)20-36-32-28(31-33-36)23-8-10-24(29)11-9-23/h3-11,21,25H,12-20H2,1-2H3,(H,30,37). The van der Waals surface area contributed by atoms with Crippen LogP contribution in [0.2, 0.25) is 0 Å². The van der Waals surface area contributed by atoms with Crippen LogP contribution in [-0.4, -0.2) is 74.0 Å². The first-order valence-electron chi connectivity index (χ1n) is 13.2. The minimum absolute atomic E-state index is 0.000201. The van der Waals surface area contributed by atoms with Gasteiger partial charge in [-0.1, -0.05) is 44.2 Å². The molecular weight excluding hydrogens is 485 g/mol. The molecule has 202 valence electrons. The van der Waals surface area contributed by atoms with Gasteiger partial charge in [0.1, 0.15) is 12.4 Å². The summed E-state index contributed by atoms with van der Waals surface area (Å²) >= 11 is 0. The molecule has 0 unspecified atom stereocenters. The van der Waals surface area contributed by atoms with E-state index in [4.69, 9.17) is 0 Å². The number of aromatic nitrogens is 4. The molecular formula is C28H36FN7O2. The zero-order valence-corrected chi connectivity index (χ0v) is 22.1. The maximum Gasteiger partial charge on any atom is 0.246 e. The van der Waals surface area contributed by atoms with Gasteiger partial charge in [-0.05, 0) is 60.2 Å². The first kappa shape index (κ1) is 27.4. The summed E-state index contributed by atoms with van der Waals surface area (Å²) in [5.41, 5.74) is 1.87. The lowest BCUT2D eigenvalue weighted by molar-refractivity contribution is -0.140. The van der Waals surface area contributed by atoms with Gasteiger partial charge in [0.2, 0.25) is 17.6 Å². The van der Waals surface area contributed by atoms with Gasteiger partial charge < -0.3 is 10.2 Å². The van der Waals surface area contributed by atoms with Gasteiger partial charge >= 0.3 is 0 Å². The third kappa shape index (κ3) is 7.92. The predicted octanol–water partition coefficient (Wildman–Crippen LogP) is 3.13. The van der Waals surface area contributed by atoms with Crippen molar-refractivity contribution >= 4 is 11.8 Å². The normalized spacial score (nSPS) is 14.5. The molecule has 0 radical (unpaired) electrons. The topological polar surface area (TPSA) is 96.2 Å². The molecule has 1 aliphatic rings. The smallest absolute Gasteiger partial charge is 0.246 e. The van der Waals surface area contributed by atoms with Crippen LogP contribution in [-0.2, 0) is 22.7 Å². The van der Waals surface area contributed by atoms with Crippen LogP contribution in [0.15, 0.2) is 54.6 Å². The fourth-order valence-corrected chi connectivity index (χ4v) is 4.60. The zero-order chi connectivity index (χ0) is 26.9. The molecule has 4 rings (SSSR count). The van der Waals surface area contributed by atoms with E-state index in [2.05, 4.69) is 51.6 Å². The zero-order valence-electron chi connectivity index (χ0n) is 22.1. The molecule has 1 aromatic heterocycles. The summed E-state index contributed by atoms with van der Waals surface area (Å²) in [5.74, 6) is 0.0481. The minimum Gasteiger partial charge on any atom is -0.355 e. The molecule has 9 nitrogen and oxygen atoms in total. The van der Waals surface area contributed by atoms with Crippen LogP contribution in [0.4, 0.5) is 4.39 Å². The maximum absolute atomic E-state index is 13.4. The highest BCUT2D eigenvalue weighted by molar-refractivity contribution is 5.84. The van der Waals surface area contributed by atoms with Crippen molar-refractivity contribution in [3.8, 4) is 11.4 Å². The molecule has 1 N–H and O–H groups in total. The van der Waals surface area contributed by atoms with Gasteiger partial charge in [0, 0.05) is 37.8 Å². The largest absolute Gasteiger partial charge is 0.355 e. The molecule has 2 amide bonds. The summed E-state index contributed by atoms with van der Waals surface area (Å²) in [4.78, 5) is 31.5. The molecule has 1 aliphatic heterocycles. The number of likely N-dealkylation sites (tertiary alicyclic amines) is 1. The average Bonchev–Trinajstić information content (AvgIpc) is 3.37. The van der Waals surface area contributed by atoms with E-state index in [1.807, 2.05) is 18.2 Å². The van der Waals surface area contributed by atoms with Gasteiger partial charge in [0.05, 0.1) is 6.54 Å². The predicted molar refractivity (Wildman–Crippen MR) is 142 cm³/mol. The Hall–Kier alpha value is -3.66. The van der Waals surface area contributed by atoms with Crippen molar-refractivity contribution in [2.45, 2.75) is 52.2 Å². The lowest BCUT2D eigenvalue weighted by Gasteiger charge is -2.38. The number of carbonyl (C=O) groups is 2. The second-order valence-electron chi connectivity index (χ2n) is 10.2. The Kier molecular flexibility index (Phi) is 9.53. The lowest BCUT2D eigenvalue weighted by atomic mass is 10.0. The molecule has 3 aromatic rings. The van der Waals surface area contributed by atoms with Gasteiger partial charge in [0.15, 0.2) is 0 Å². The van der Waals surface area contributed by atoms with Crippen LogP contribution in [0.5, 0.6) is 0 Å². The van der Waals surface area contributed by atoms with Crippen molar-refractivity contribution in [1.29, 1.82) is 0 Å². The fraction of sp³-hybridized carbons (Fsp3) is 0.464. The molecule has 1 fully saturated rings. The van der Waals surface area contributed by atoms with E-state index in [9.17, 15) is 14.0 Å². The van der Waals surface area contributed by atoms with Gasteiger partial charge in [0.25, 0.3) is 0 Å². The van der Waals surface area contributed by atoms with E-state index in [0.29, 0.717) is 23.9 Å². The molecule has 1 saturated heterocycles. The van der Waals surface area contributed by atoms with E-state index in [0.717, 1.165) is 38.9 Å². The highest BCUT2D eigenvalue weighted by Gasteiger charge is 2.30. The Balaban J connectivity index is 1.40. The summed E-state index contributed by atoms with van der Waals surface area (Å²) in [5, 5.41) is 15.3. The van der Waals surface area contributed by atoms with Crippen LogP contribution in [0, 0.1) is 11.7 Å². The molecule has 0 bridgehead atoms. The number of tetrazole rings is 1. The molecule has 2 aromatic carbocycles. The van der Waals surface area contributed by atoms with E-state index in [-0.39, 0.29) is 36.8 Å². The SMILES string of the molecule is CC(C)CCNC(=O)CN(C(=O)Cn1nnc(-c2ccc(F)cc2)n1)C1CCN(Cc2ccccc2)CC1. The maximum atomic E-state index is 13.4. The Morgan fingerprint density at radius 1 is 1.08 bits per heavy atom. The van der Waals surface area contributed by atoms with Crippen LogP contribution in [0.1, 0.15) is 38.7 Å². The molecule has 38 heavy (non-hydrogen) atoms. The van der Waals surface area contributed by atoms with Crippen LogP contribution >= 0.6 is 0 Å². The van der Waals surface area contributed by atoms with E-state index in [1.54, 1.807) is 17.0 Å². The number of halogens is 1. The van der Waals surface area contributed by atoms with E-state index in [1.165, 1.54) is 22.5 Å². The summed E-state index contributed by atoms with van der Waals surface area (Å²) in [6.45, 7) is 7.22. The number of carbonyl (C=O) groups excluding carboxylic acids is 2. The number of piperidine rings is 1. The third-order valence-electron chi connectivity index (χ3n) is 6.76. The highest BCUT2D eigenvalue weighted by atomic mass is 19.1. The number of amides is 2. The van der Waals surface area contributed by atoms with Gasteiger partial charge in [-0.15, -0.1) is 10.2 Å². The van der Waals surface area contributed by atoms with Gasteiger partial charge in [-0.3, -0.25) is 14.5 Å². The van der Waals surface area contributed by atoms with Gasteiger partial charge in [-0.25, -0.2) is 4.39 Å². The number of hydrogen-bond donors (Lipinski definition) is 1. The Morgan fingerprint density at radius 2 is 1.79 bits per heavy atom. The number of benzene rings is 2. The number of hydrogen-bond acceptors (Lipinski definition) is 6. The Labute approximate surface area is 223 Å².